The Kier molecular flexibility index (Phi) is 8.03. The standard InChI is InChI=1S/C55H38N4S/c1-35-27-31-46(38-28-29-43-42-22-10-13-26-50(42)60-51(43)34-38)56-55(57-53(35)39-18-14-17-37(33-39)36-15-4-2-5-16-36)59-48-25-12-9-23-45(48)52-49(59)32-30-44-41-21-8-11-24-47(41)58(54(44)52)40-19-6-3-7-20-40/h2-26,28-30,32-34H,27,31H2,1H3/b53-35-,56-46+,57-55+. The highest BCUT2D eigenvalue weighted by molar-refractivity contribution is 7.25. The van der Waals surface area contributed by atoms with Crippen molar-refractivity contribution in [2.24, 2.45) is 9.98 Å². The van der Waals surface area contributed by atoms with E-state index in [0.29, 0.717) is 5.96 Å². The Labute approximate surface area is 351 Å². The van der Waals surface area contributed by atoms with E-state index in [-0.39, 0.29) is 0 Å². The van der Waals surface area contributed by atoms with E-state index in [1.54, 1.807) is 0 Å². The van der Waals surface area contributed by atoms with Gasteiger partial charge in [-0.3, -0.25) is 4.57 Å². The van der Waals surface area contributed by atoms with Crippen LogP contribution in [-0.4, -0.2) is 20.8 Å². The number of hydrogen-bond donors (Lipinski definition) is 0. The smallest absolute Gasteiger partial charge is 0.235 e. The lowest BCUT2D eigenvalue weighted by Crippen LogP contribution is -2.16. The molecule has 284 valence electrons. The van der Waals surface area contributed by atoms with Gasteiger partial charge < -0.3 is 4.57 Å². The first-order valence-electron chi connectivity index (χ1n) is 20.6. The van der Waals surface area contributed by atoms with Crippen molar-refractivity contribution in [2.75, 3.05) is 0 Å². The van der Waals surface area contributed by atoms with Crippen molar-refractivity contribution in [1.29, 1.82) is 0 Å². The summed E-state index contributed by atoms with van der Waals surface area (Å²) in [6.45, 7) is 2.25. The Hall–Kier alpha value is -7.34. The first kappa shape index (κ1) is 34.7. The topological polar surface area (TPSA) is 34.6 Å². The van der Waals surface area contributed by atoms with Crippen molar-refractivity contribution in [3.63, 3.8) is 0 Å². The summed E-state index contributed by atoms with van der Waals surface area (Å²) in [6.07, 6.45) is 1.63. The number of rotatable bonds is 4. The van der Waals surface area contributed by atoms with Crippen molar-refractivity contribution in [1.82, 2.24) is 9.13 Å². The molecule has 60 heavy (non-hydrogen) atoms. The molecule has 3 aromatic heterocycles. The summed E-state index contributed by atoms with van der Waals surface area (Å²) >= 11 is 1.85. The van der Waals surface area contributed by atoms with Gasteiger partial charge in [0.15, 0.2) is 0 Å². The highest BCUT2D eigenvalue weighted by Gasteiger charge is 2.24. The van der Waals surface area contributed by atoms with Crippen LogP contribution in [-0.2, 0) is 0 Å². The van der Waals surface area contributed by atoms with Gasteiger partial charge in [0.2, 0.25) is 5.96 Å². The lowest BCUT2D eigenvalue weighted by Gasteiger charge is -2.18. The van der Waals surface area contributed by atoms with Crippen molar-refractivity contribution in [3.05, 3.63) is 205 Å². The first-order chi connectivity index (χ1) is 29.7. The Balaban J connectivity index is 1.15. The van der Waals surface area contributed by atoms with Crippen LogP contribution in [0.15, 0.2) is 204 Å². The van der Waals surface area contributed by atoms with Gasteiger partial charge in [0.25, 0.3) is 0 Å². The third-order valence-electron chi connectivity index (χ3n) is 12.2. The first-order valence-corrected chi connectivity index (χ1v) is 21.4. The zero-order valence-corrected chi connectivity index (χ0v) is 33.8. The number of para-hydroxylation sites is 3. The summed E-state index contributed by atoms with van der Waals surface area (Å²) in [6, 6.07) is 67.9. The number of hydrogen-bond acceptors (Lipinski definition) is 3. The monoisotopic (exact) mass is 786 g/mol. The van der Waals surface area contributed by atoms with Gasteiger partial charge in [0.05, 0.1) is 33.5 Å². The zero-order chi connectivity index (χ0) is 39.7. The Bertz CT molecular complexity index is 3600. The summed E-state index contributed by atoms with van der Waals surface area (Å²) in [4.78, 5) is 11.4. The van der Waals surface area contributed by atoms with Gasteiger partial charge in [-0.1, -0.05) is 140 Å². The van der Waals surface area contributed by atoms with Gasteiger partial charge in [-0.05, 0) is 90.6 Å². The van der Waals surface area contributed by atoms with Crippen LogP contribution in [0.3, 0.4) is 0 Å². The number of thiophene rings is 1. The second-order valence-corrected chi connectivity index (χ2v) is 16.8. The van der Waals surface area contributed by atoms with E-state index < -0.39 is 0 Å². The predicted molar refractivity (Wildman–Crippen MR) is 256 cm³/mol. The maximum atomic E-state index is 5.71. The average Bonchev–Trinajstić information content (AvgIpc) is 3.96. The Morgan fingerprint density at radius 2 is 1.08 bits per heavy atom. The van der Waals surface area contributed by atoms with E-state index in [1.165, 1.54) is 69.5 Å². The summed E-state index contributed by atoms with van der Waals surface area (Å²) < 4.78 is 7.32. The Morgan fingerprint density at radius 1 is 0.433 bits per heavy atom. The Morgan fingerprint density at radius 3 is 1.92 bits per heavy atom. The minimum absolute atomic E-state index is 0.661. The maximum absolute atomic E-state index is 5.71. The van der Waals surface area contributed by atoms with Gasteiger partial charge in [-0.2, -0.15) is 0 Å². The second-order valence-electron chi connectivity index (χ2n) is 15.8. The van der Waals surface area contributed by atoms with E-state index in [2.05, 4.69) is 204 Å². The summed E-state index contributed by atoms with van der Waals surface area (Å²) in [5, 5.41) is 7.39. The van der Waals surface area contributed by atoms with Crippen LogP contribution in [0.2, 0.25) is 0 Å². The lowest BCUT2D eigenvalue weighted by molar-refractivity contribution is 0.998. The molecular weight excluding hydrogens is 749 g/mol. The molecule has 0 radical (unpaired) electrons. The fourth-order valence-corrected chi connectivity index (χ4v) is 10.5. The summed E-state index contributed by atoms with van der Waals surface area (Å²) in [7, 11) is 0. The molecular formula is C55H38N4S. The average molecular weight is 787 g/mol. The molecule has 8 aromatic carbocycles. The normalized spacial score (nSPS) is 16.7. The highest BCUT2D eigenvalue weighted by atomic mass is 32.1. The molecule has 0 N–H and O–H groups in total. The van der Waals surface area contributed by atoms with E-state index in [9.17, 15) is 0 Å². The quantitative estimate of drug-likeness (QED) is 0.170. The minimum atomic E-state index is 0.661. The van der Waals surface area contributed by atoms with Gasteiger partial charge in [0, 0.05) is 53.0 Å². The van der Waals surface area contributed by atoms with Crippen LogP contribution in [0, 0.1) is 0 Å². The van der Waals surface area contributed by atoms with Crippen molar-refractivity contribution >= 4 is 92.5 Å². The van der Waals surface area contributed by atoms with Gasteiger partial charge in [-0.25, -0.2) is 9.98 Å². The molecule has 0 aliphatic carbocycles. The lowest BCUT2D eigenvalue weighted by atomic mass is 9.96. The van der Waals surface area contributed by atoms with Crippen LogP contribution < -0.4 is 0 Å². The van der Waals surface area contributed by atoms with Crippen LogP contribution >= 0.6 is 11.3 Å². The molecule has 11 aromatic rings. The summed E-state index contributed by atoms with van der Waals surface area (Å²) in [5.41, 5.74) is 13.5. The number of allylic oxidation sites excluding steroid dienone is 1. The fourth-order valence-electron chi connectivity index (χ4n) is 9.39. The maximum Gasteiger partial charge on any atom is 0.235 e. The van der Waals surface area contributed by atoms with Crippen LogP contribution in [0.25, 0.3) is 86.3 Å². The molecule has 1 aliphatic rings. The molecule has 0 saturated heterocycles. The van der Waals surface area contributed by atoms with E-state index in [1.807, 2.05) is 11.3 Å². The molecule has 0 bridgehead atoms. The molecule has 1 aliphatic heterocycles. The van der Waals surface area contributed by atoms with Gasteiger partial charge >= 0.3 is 0 Å². The molecule has 4 nitrogen and oxygen atoms in total. The molecule has 5 heteroatoms. The highest BCUT2D eigenvalue weighted by Crippen LogP contribution is 2.42. The number of benzene rings is 8. The third kappa shape index (κ3) is 5.50. The summed E-state index contributed by atoms with van der Waals surface area (Å²) in [5.74, 6) is 0.661. The molecule has 12 rings (SSSR count). The zero-order valence-electron chi connectivity index (χ0n) is 33.0. The molecule has 0 amide bonds. The number of fused-ring (bicyclic) bond motifs is 10. The molecule has 0 unspecified atom stereocenters. The van der Waals surface area contributed by atoms with E-state index >= 15 is 0 Å². The van der Waals surface area contributed by atoms with Crippen LogP contribution in [0.4, 0.5) is 0 Å². The molecule has 4 heterocycles. The van der Waals surface area contributed by atoms with Crippen molar-refractivity contribution in [2.45, 2.75) is 19.8 Å². The van der Waals surface area contributed by atoms with Gasteiger partial charge in [-0.15, -0.1) is 11.3 Å². The van der Waals surface area contributed by atoms with Crippen LogP contribution in [0.5, 0.6) is 0 Å². The third-order valence-corrected chi connectivity index (χ3v) is 13.4. The SMILES string of the molecule is C/C1=C(c2cccc(-c3ccccc3)c2)/N=C(n2c3ccccc3c3c2ccc2c4ccccc4n(-c4ccccc4)c23)\N=C(\c2ccc3c(c2)sc2ccccc23)CC1. The van der Waals surface area contributed by atoms with E-state index in [0.717, 1.165) is 52.1 Å². The molecule has 0 saturated carbocycles. The number of nitrogens with zero attached hydrogens (tertiary/aromatic N) is 4. The minimum Gasteiger partial charge on any atom is -0.309 e. The van der Waals surface area contributed by atoms with Crippen molar-refractivity contribution in [3.8, 4) is 16.8 Å². The van der Waals surface area contributed by atoms with Crippen molar-refractivity contribution < 1.29 is 0 Å². The molecule has 0 spiro atoms. The molecule has 0 fully saturated rings. The van der Waals surface area contributed by atoms with E-state index in [4.69, 9.17) is 9.98 Å². The predicted octanol–water partition coefficient (Wildman–Crippen LogP) is 14.8. The number of aromatic nitrogens is 2. The van der Waals surface area contributed by atoms with Crippen LogP contribution in [0.1, 0.15) is 30.9 Å². The molecule has 0 atom stereocenters. The fraction of sp³-hybridized carbons (Fsp3) is 0.0545. The number of aliphatic imine (C=N–C) groups is 2. The largest absolute Gasteiger partial charge is 0.309 e. The van der Waals surface area contributed by atoms with Gasteiger partial charge in [0.1, 0.15) is 0 Å². The second kappa shape index (κ2) is 13.9.